The van der Waals surface area contributed by atoms with Gasteiger partial charge in [0.05, 0.1) is 6.20 Å². The molecule has 0 fully saturated rings. The maximum atomic E-state index is 4.29. The SMILES string of the molecule is Cc1cc(CNC(C)C)ccc1Sc1cnccn1. The molecule has 0 bridgehead atoms. The van der Waals surface area contributed by atoms with Crippen LogP contribution in [0.5, 0.6) is 0 Å². The first-order valence-electron chi connectivity index (χ1n) is 6.42. The van der Waals surface area contributed by atoms with Gasteiger partial charge < -0.3 is 5.32 Å². The number of hydrogen-bond acceptors (Lipinski definition) is 4. The molecule has 0 saturated carbocycles. The van der Waals surface area contributed by atoms with Gasteiger partial charge >= 0.3 is 0 Å². The predicted molar refractivity (Wildman–Crippen MR) is 79.3 cm³/mol. The van der Waals surface area contributed by atoms with Gasteiger partial charge in [-0.3, -0.25) is 4.98 Å². The summed E-state index contributed by atoms with van der Waals surface area (Å²) in [6.45, 7) is 7.36. The Balaban J connectivity index is 2.07. The van der Waals surface area contributed by atoms with Gasteiger partial charge in [-0.05, 0) is 24.1 Å². The maximum absolute atomic E-state index is 4.29. The molecule has 2 rings (SSSR count). The summed E-state index contributed by atoms with van der Waals surface area (Å²) < 4.78 is 0. The maximum Gasteiger partial charge on any atom is 0.119 e. The van der Waals surface area contributed by atoms with E-state index in [9.17, 15) is 0 Å². The summed E-state index contributed by atoms with van der Waals surface area (Å²) in [5, 5.41) is 4.36. The van der Waals surface area contributed by atoms with E-state index in [1.165, 1.54) is 16.0 Å². The van der Waals surface area contributed by atoms with Crippen LogP contribution >= 0.6 is 11.8 Å². The van der Waals surface area contributed by atoms with Crippen LogP contribution < -0.4 is 5.32 Å². The van der Waals surface area contributed by atoms with E-state index in [0.29, 0.717) is 6.04 Å². The third-order valence-electron chi connectivity index (χ3n) is 2.71. The molecule has 19 heavy (non-hydrogen) atoms. The second-order valence-electron chi connectivity index (χ2n) is 4.78. The standard InChI is InChI=1S/C15H19N3S/c1-11(2)18-9-13-4-5-14(12(3)8-13)19-15-10-16-6-7-17-15/h4-8,10-11,18H,9H2,1-3H3. The Morgan fingerprint density at radius 3 is 2.74 bits per heavy atom. The zero-order chi connectivity index (χ0) is 13.7. The third-order valence-corrected chi connectivity index (χ3v) is 3.81. The van der Waals surface area contributed by atoms with E-state index in [1.54, 1.807) is 30.4 Å². The van der Waals surface area contributed by atoms with Crippen molar-refractivity contribution in [1.29, 1.82) is 0 Å². The highest BCUT2D eigenvalue weighted by Crippen LogP contribution is 2.28. The lowest BCUT2D eigenvalue weighted by atomic mass is 10.1. The molecule has 100 valence electrons. The van der Waals surface area contributed by atoms with E-state index in [0.717, 1.165) is 11.6 Å². The van der Waals surface area contributed by atoms with E-state index >= 15 is 0 Å². The molecule has 0 aliphatic heterocycles. The van der Waals surface area contributed by atoms with Gasteiger partial charge in [-0.1, -0.05) is 37.7 Å². The molecule has 2 aromatic rings. The van der Waals surface area contributed by atoms with Crippen molar-refractivity contribution in [3.63, 3.8) is 0 Å². The van der Waals surface area contributed by atoms with Crippen LogP contribution in [0.3, 0.4) is 0 Å². The number of hydrogen-bond donors (Lipinski definition) is 1. The highest BCUT2D eigenvalue weighted by atomic mass is 32.2. The van der Waals surface area contributed by atoms with E-state index in [1.807, 2.05) is 0 Å². The zero-order valence-corrected chi connectivity index (χ0v) is 12.4. The molecule has 0 radical (unpaired) electrons. The molecule has 0 atom stereocenters. The molecule has 0 spiro atoms. The molecule has 0 unspecified atom stereocenters. The monoisotopic (exact) mass is 273 g/mol. The second kappa shape index (κ2) is 6.68. The molecular formula is C15H19N3S. The van der Waals surface area contributed by atoms with Crippen LogP contribution in [0.2, 0.25) is 0 Å². The first-order chi connectivity index (χ1) is 9.15. The molecule has 0 amide bonds. The Morgan fingerprint density at radius 2 is 2.11 bits per heavy atom. The van der Waals surface area contributed by atoms with E-state index in [2.05, 4.69) is 54.3 Å². The molecule has 1 N–H and O–H groups in total. The Bertz CT molecular complexity index is 526. The molecule has 0 aliphatic rings. The minimum Gasteiger partial charge on any atom is -0.310 e. The molecule has 1 aromatic carbocycles. The van der Waals surface area contributed by atoms with Crippen molar-refractivity contribution in [2.75, 3.05) is 0 Å². The van der Waals surface area contributed by atoms with Crippen molar-refractivity contribution in [2.24, 2.45) is 0 Å². The fraction of sp³-hybridized carbons (Fsp3) is 0.333. The summed E-state index contributed by atoms with van der Waals surface area (Å²) >= 11 is 1.65. The van der Waals surface area contributed by atoms with Crippen LogP contribution in [-0.2, 0) is 6.54 Å². The van der Waals surface area contributed by atoms with Gasteiger partial charge in [0.2, 0.25) is 0 Å². The first-order valence-corrected chi connectivity index (χ1v) is 7.23. The van der Waals surface area contributed by atoms with E-state index in [4.69, 9.17) is 0 Å². The van der Waals surface area contributed by atoms with Crippen molar-refractivity contribution in [3.8, 4) is 0 Å². The lowest BCUT2D eigenvalue weighted by Gasteiger charge is -2.10. The highest BCUT2D eigenvalue weighted by molar-refractivity contribution is 7.99. The van der Waals surface area contributed by atoms with Gasteiger partial charge in [0.15, 0.2) is 0 Å². The van der Waals surface area contributed by atoms with Crippen LogP contribution in [0.4, 0.5) is 0 Å². The average molecular weight is 273 g/mol. The molecule has 0 aliphatic carbocycles. The minimum atomic E-state index is 0.508. The van der Waals surface area contributed by atoms with Crippen molar-refractivity contribution in [3.05, 3.63) is 47.9 Å². The van der Waals surface area contributed by atoms with Crippen molar-refractivity contribution < 1.29 is 0 Å². The summed E-state index contributed by atoms with van der Waals surface area (Å²) in [6.07, 6.45) is 5.20. The van der Waals surface area contributed by atoms with Crippen LogP contribution in [-0.4, -0.2) is 16.0 Å². The normalized spacial score (nSPS) is 10.9. The van der Waals surface area contributed by atoms with E-state index < -0.39 is 0 Å². The summed E-state index contributed by atoms with van der Waals surface area (Å²) in [6, 6.07) is 7.07. The lowest BCUT2D eigenvalue weighted by molar-refractivity contribution is 0.588. The summed E-state index contributed by atoms with van der Waals surface area (Å²) in [5.41, 5.74) is 2.59. The van der Waals surface area contributed by atoms with Gasteiger partial charge in [-0.25, -0.2) is 4.98 Å². The fourth-order valence-corrected chi connectivity index (χ4v) is 2.52. The van der Waals surface area contributed by atoms with Crippen LogP contribution in [0.15, 0.2) is 46.7 Å². The molecule has 0 saturated heterocycles. The molecule has 3 nitrogen and oxygen atoms in total. The fourth-order valence-electron chi connectivity index (χ4n) is 1.71. The van der Waals surface area contributed by atoms with Crippen LogP contribution in [0.25, 0.3) is 0 Å². The topological polar surface area (TPSA) is 37.8 Å². The third kappa shape index (κ3) is 4.33. The largest absolute Gasteiger partial charge is 0.310 e. The predicted octanol–water partition coefficient (Wildman–Crippen LogP) is 3.43. The van der Waals surface area contributed by atoms with Crippen LogP contribution in [0, 0.1) is 6.92 Å². The Morgan fingerprint density at radius 1 is 1.26 bits per heavy atom. The minimum absolute atomic E-state index is 0.508. The Kier molecular flexibility index (Phi) is 4.93. The highest BCUT2D eigenvalue weighted by Gasteiger charge is 2.04. The second-order valence-corrected chi connectivity index (χ2v) is 5.84. The Labute approximate surface area is 118 Å². The number of nitrogens with zero attached hydrogens (tertiary/aromatic N) is 2. The van der Waals surface area contributed by atoms with Gasteiger partial charge in [0.1, 0.15) is 5.03 Å². The number of aromatic nitrogens is 2. The van der Waals surface area contributed by atoms with Gasteiger partial charge in [-0.15, -0.1) is 0 Å². The number of aryl methyl sites for hydroxylation is 1. The summed E-state index contributed by atoms with van der Waals surface area (Å²) in [5.74, 6) is 0. The Hall–Kier alpha value is -1.39. The van der Waals surface area contributed by atoms with Crippen molar-refractivity contribution >= 4 is 11.8 Å². The van der Waals surface area contributed by atoms with E-state index in [-0.39, 0.29) is 0 Å². The zero-order valence-electron chi connectivity index (χ0n) is 11.6. The summed E-state index contributed by atoms with van der Waals surface area (Å²) in [7, 11) is 0. The van der Waals surface area contributed by atoms with Gasteiger partial charge in [-0.2, -0.15) is 0 Å². The summed E-state index contributed by atoms with van der Waals surface area (Å²) in [4.78, 5) is 9.60. The van der Waals surface area contributed by atoms with Crippen molar-refractivity contribution in [1.82, 2.24) is 15.3 Å². The van der Waals surface area contributed by atoms with Gasteiger partial charge in [0, 0.05) is 29.9 Å². The smallest absolute Gasteiger partial charge is 0.119 e. The molecule has 1 aromatic heterocycles. The number of nitrogens with one attached hydrogen (secondary N) is 1. The lowest BCUT2D eigenvalue weighted by Crippen LogP contribution is -2.21. The quantitative estimate of drug-likeness (QED) is 0.905. The van der Waals surface area contributed by atoms with Crippen LogP contribution in [0.1, 0.15) is 25.0 Å². The molecule has 1 heterocycles. The number of benzene rings is 1. The van der Waals surface area contributed by atoms with Gasteiger partial charge in [0.25, 0.3) is 0 Å². The molecule has 4 heteroatoms. The average Bonchev–Trinajstić information content (AvgIpc) is 2.40. The number of rotatable bonds is 5. The first kappa shape index (κ1) is 14.0. The van der Waals surface area contributed by atoms with Crippen molar-refractivity contribution in [2.45, 2.75) is 43.3 Å². The molecular weight excluding hydrogens is 254 g/mol.